The monoisotopic (exact) mass is 573 g/mol. The first-order chi connectivity index (χ1) is 20.1. The van der Waals surface area contributed by atoms with Crippen molar-refractivity contribution in [1.29, 1.82) is 0 Å². The topological polar surface area (TPSA) is 138 Å². The highest BCUT2D eigenvalue weighted by atomic mass is 16.5. The van der Waals surface area contributed by atoms with E-state index in [4.69, 9.17) is 14.5 Å². The lowest BCUT2D eigenvalue weighted by Crippen LogP contribution is -2.44. The smallest absolute Gasteiger partial charge is 0.330 e. The Balaban J connectivity index is 1.63. The summed E-state index contributed by atoms with van der Waals surface area (Å²) in [5.41, 5.74) is 6.73. The van der Waals surface area contributed by atoms with Crippen LogP contribution in [0.4, 0.5) is 5.69 Å². The van der Waals surface area contributed by atoms with Crippen molar-refractivity contribution in [1.82, 2.24) is 29.4 Å². The van der Waals surface area contributed by atoms with Crippen molar-refractivity contribution < 1.29 is 19.4 Å². The van der Waals surface area contributed by atoms with Gasteiger partial charge in [-0.1, -0.05) is 28.0 Å². The molecular formula is C30H35N7O5. The number of hydrogen-bond donors (Lipinski definition) is 2. The zero-order valence-corrected chi connectivity index (χ0v) is 24.7. The third-order valence-electron chi connectivity index (χ3n) is 7.37. The van der Waals surface area contributed by atoms with Gasteiger partial charge in [0.25, 0.3) is 11.8 Å². The van der Waals surface area contributed by atoms with E-state index in [1.54, 1.807) is 16.2 Å². The molecule has 0 saturated heterocycles. The van der Waals surface area contributed by atoms with E-state index < -0.39 is 11.8 Å². The summed E-state index contributed by atoms with van der Waals surface area (Å²) in [7, 11) is 3.11. The van der Waals surface area contributed by atoms with Gasteiger partial charge in [-0.3, -0.25) is 13.9 Å². The van der Waals surface area contributed by atoms with E-state index in [1.807, 2.05) is 45.9 Å². The number of fused-ring (bicyclic) bond motifs is 3. The summed E-state index contributed by atoms with van der Waals surface area (Å²) in [6, 6.07) is 9.93. The first-order valence-electron chi connectivity index (χ1n) is 13.8. The maximum absolute atomic E-state index is 14.0. The maximum Gasteiger partial charge on any atom is 0.330 e. The number of aryl methyl sites for hydroxylation is 5. The Labute approximate surface area is 242 Å². The average molecular weight is 574 g/mol. The molecule has 42 heavy (non-hydrogen) atoms. The van der Waals surface area contributed by atoms with E-state index in [0.29, 0.717) is 36.6 Å². The minimum Gasteiger partial charge on any atom is -0.493 e. The molecule has 3 heterocycles. The molecule has 12 heteroatoms. The maximum atomic E-state index is 14.0. The van der Waals surface area contributed by atoms with E-state index >= 15 is 0 Å². The summed E-state index contributed by atoms with van der Waals surface area (Å²) < 4.78 is 15.9. The van der Waals surface area contributed by atoms with Crippen LogP contribution >= 0.6 is 0 Å². The van der Waals surface area contributed by atoms with Crippen LogP contribution in [0.3, 0.4) is 0 Å². The zero-order chi connectivity index (χ0) is 30.1. The Kier molecular flexibility index (Phi) is 7.88. The molecular weight excluding hydrogens is 538 g/mol. The number of carbonyl (C=O) groups excluding carboxylic acids is 1. The number of rotatable bonds is 8. The van der Waals surface area contributed by atoms with Crippen molar-refractivity contribution in [3.05, 3.63) is 74.3 Å². The number of amides is 1. The molecule has 1 amide bonds. The number of benzene rings is 2. The van der Waals surface area contributed by atoms with Gasteiger partial charge in [0, 0.05) is 38.3 Å². The standard InChI is InChI=1S/C30H35N7O5/c1-7-42-24-14-20-8-10-36-22(21(20)15-23(24)41-6)16-25(32-26-18(3)12-17(2)13-19(26)4)37(30(36)40)11-9-31-28(38)27-29(39)33-34-35(27)5/h12-16,39H,7-11H2,1-6H3,(H,31,38)/b32-25+. The fourth-order valence-electron chi connectivity index (χ4n) is 5.50. The van der Waals surface area contributed by atoms with Crippen LogP contribution in [-0.4, -0.2) is 55.4 Å². The molecule has 1 aliphatic rings. The van der Waals surface area contributed by atoms with Gasteiger partial charge in [0.05, 0.1) is 25.1 Å². The Bertz CT molecular complexity index is 1770. The molecule has 2 aromatic carbocycles. The molecule has 0 unspecified atom stereocenters. The Hall–Kier alpha value is -4.87. The lowest BCUT2D eigenvalue weighted by molar-refractivity contribution is 0.0939. The van der Waals surface area contributed by atoms with Gasteiger partial charge in [-0.15, -0.1) is 0 Å². The lowest BCUT2D eigenvalue weighted by atomic mass is 9.97. The van der Waals surface area contributed by atoms with Crippen molar-refractivity contribution in [2.24, 2.45) is 12.0 Å². The normalized spacial score (nSPS) is 12.6. The molecule has 2 N–H and O–H groups in total. The molecule has 1 aliphatic heterocycles. The molecule has 0 bridgehead atoms. The fraction of sp³-hybridized carbons (Fsp3) is 0.367. The van der Waals surface area contributed by atoms with Crippen LogP contribution in [0, 0.1) is 20.8 Å². The summed E-state index contributed by atoms with van der Waals surface area (Å²) in [5, 5.41) is 19.8. The summed E-state index contributed by atoms with van der Waals surface area (Å²) in [6.45, 7) is 9.21. The Morgan fingerprint density at radius 1 is 1.12 bits per heavy atom. The molecule has 0 atom stereocenters. The summed E-state index contributed by atoms with van der Waals surface area (Å²) in [4.78, 5) is 31.7. The highest BCUT2D eigenvalue weighted by molar-refractivity contribution is 5.94. The second kappa shape index (κ2) is 11.6. The number of carbonyl (C=O) groups is 1. The number of methoxy groups -OCH3 is 1. The van der Waals surface area contributed by atoms with Gasteiger partial charge in [0.2, 0.25) is 0 Å². The molecule has 0 aliphatic carbocycles. The van der Waals surface area contributed by atoms with Gasteiger partial charge in [-0.2, -0.15) is 0 Å². The van der Waals surface area contributed by atoms with Crippen molar-refractivity contribution in [3.8, 4) is 28.6 Å². The van der Waals surface area contributed by atoms with Gasteiger partial charge < -0.3 is 19.9 Å². The number of nitrogens with one attached hydrogen (secondary N) is 1. The summed E-state index contributed by atoms with van der Waals surface area (Å²) >= 11 is 0. The number of hydrogen-bond acceptors (Lipinski definition) is 8. The molecule has 220 valence electrons. The fourth-order valence-corrected chi connectivity index (χ4v) is 5.50. The number of aromatic nitrogens is 5. The van der Waals surface area contributed by atoms with Gasteiger partial charge in [0.1, 0.15) is 5.49 Å². The Morgan fingerprint density at radius 2 is 1.86 bits per heavy atom. The van der Waals surface area contributed by atoms with Crippen LogP contribution in [0.15, 0.2) is 40.1 Å². The minimum atomic E-state index is -0.548. The molecule has 0 spiro atoms. The number of nitrogens with zero attached hydrogens (tertiary/aromatic N) is 6. The molecule has 0 fully saturated rings. The molecule has 2 aromatic heterocycles. The van der Waals surface area contributed by atoms with Crippen molar-refractivity contribution in [3.63, 3.8) is 0 Å². The lowest BCUT2D eigenvalue weighted by Gasteiger charge is -2.25. The first kappa shape index (κ1) is 28.7. The minimum absolute atomic E-state index is 0.0602. The van der Waals surface area contributed by atoms with Crippen LogP contribution in [0.1, 0.15) is 39.7 Å². The van der Waals surface area contributed by atoms with Gasteiger partial charge in [0.15, 0.2) is 17.2 Å². The second-order valence-corrected chi connectivity index (χ2v) is 10.3. The van der Waals surface area contributed by atoms with Crippen molar-refractivity contribution in [2.75, 3.05) is 20.3 Å². The van der Waals surface area contributed by atoms with E-state index in [0.717, 1.165) is 39.2 Å². The van der Waals surface area contributed by atoms with Gasteiger partial charge in [-0.25, -0.2) is 14.5 Å². The molecule has 12 nitrogen and oxygen atoms in total. The highest BCUT2D eigenvalue weighted by Crippen LogP contribution is 2.37. The third-order valence-corrected chi connectivity index (χ3v) is 7.37. The molecule has 4 aromatic rings. The van der Waals surface area contributed by atoms with E-state index in [1.165, 1.54) is 11.7 Å². The van der Waals surface area contributed by atoms with E-state index in [-0.39, 0.29) is 24.5 Å². The largest absolute Gasteiger partial charge is 0.493 e. The summed E-state index contributed by atoms with van der Waals surface area (Å²) in [6.07, 6.45) is 0.641. The van der Waals surface area contributed by atoms with E-state index in [9.17, 15) is 14.7 Å². The van der Waals surface area contributed by atoms with Crippen LogP contribution < -0.4 is 26.0 Å². The summed E-state index contributed by atoms with van der Waals surface area (Å²) in [5.74, 6) is 0.252. The Morgan fingerprint density at radius 3 is 2.50 bits per heavy atom. The second-order valence-electron chi connectivity index (χ2n) is 10.3. The van der Waals surface area contributed by atoms with Gasteiger partial charge in [-0.05, 0) is 62.9 Å². The van der Waals surface area contributed by atoms with Crippen LogP contribution in [0.5, 0.6) is 17.4 Å². The SMILES string of the molecule is CCOc1cc2c(cc1OC)-c1c/c(=N\c3c(C)cc(C)cc3C)n(CCNC(=O)c3c(O)nnn3C)c(=O)n1CC2. The van der Waals surface area contributed by atoms with Crippen molar-refractivity contribution >= 4 is 11.6 Å². The van der Waals surface area contributed by atoms with Gasteiger partial charge >= 0.3 is 5.69 Å². The van der Waals surface area contributed by atoms with Crippen LogP contribution in [0.25, 0.3) is 11.3 Å². The van der Waals surface area contributed by atoms with Crippen LogP contribution in [-0.2, 0) is 26.6 Å². The molecule has 0 radical (unpaired) electrons. The molecule has 0 saturated carbocycles. The predicted molar refractivity (Wildman–Crippen MR) is 156 cm³/mol. The first-order valence-corrected chi connectivity index (χ1v) is 13.8. The third kappa shape index (κ3) is 5.27. The van der Waals surface area contributed by atoms with Crippen LogP contribution in [0.2, 0.25) is 0 Å². The molecule has 5 rings (SSSR count). The highest BCUT2D eigenvalue weighted by Gasteiger charge is 2.23. The number of ether oxygens (including phenoxy) is 2. The quantitative estimate of drug-likeness (QED) is 0.331. The van der Waals surface area contributed by atoms with Crippen molar-refractivity contribution in [2.45, 2.75) is 47.2 Å². The number of aromatic hydroxyl groups is 1. The van der Waals surface area contributed by atoms with E-state index in [2.05, 4.69) is 27.8 Å². The zero-order valence-electron chi connectivity index (χ0n) is 24.7. The average Bonchev–Trinajstić information content (AvgIpc) is 3.29. The predicted octanol–water partition coefficient (Wildman–Crippen LogP) is 2.70.